The zero-order valence-corrected chi connectivity index (χ0v) is 14.5. The maximum atomic E-state index is 13.0. The molecule has 1 aromatic heterocycles. The van der Waals surface area contributed by atoms with Crippen LogP contribution in [0.1, 0.15) is 39.7 Å². The van der Waals surface area contributed by atoms with Crippen molar-refractivity contribution >= 4 is 22.1 Å². The molecule has 1 heterocycles. The van der Waals surface area contributed by atoms with Gasteiger partial charge in [-0.05, 0) is 42.9 Å². The second-order valence-corrected chi connectivity index (χ2v) is 7.16. The van der Waals surface area contributed by atoms with Crippen LogP contribution in [-0.2, 0) is 12.8 Å². The lowest BCUT2D eigenvalue weighted by Gasteiger charge is -2.18. The number of carbonyl (C=O) groups excluding carboxylic acids is 1. The molecule has 1 aliphatic rings. The molecular formula is C18H21NO3S. The Kier molecular flexibility index (Phi) is 4.31. The average Bonchev–Trinajstić information content (AvgIpc) is 2.88. The smallest absolute Gasteiger partial charge is 0.196 e. The molecule has 23 heavy (non-hydrogen) atoms. The second kappa shape index (κ2) is 6.24. The van der Waals surface area contributed by atoms with Crippen LogP contribution in [0.3, 0.4) is 0 Å². The molecule has 1 atom stereocenters. The van der Waals surface area contributed by atoms with Crippen LogP contribution in [0.25, 0.3) is 0 Å². The quantitative estimate of drug-likeness (QED) is 0.868. The fourth-order valence-electron chi connectivity index (χ4n) is 3.10. The van der Waals surface area contributed by atoms with E-state index in [1.165, 1.54) is 4.88 Å². The molecule has 122 valence electrons. The number of hydrogen-bond donors (Lipinski definition) is 1. The highest BCUT2D eigenvalue weighted by molar-refractivity contribution is 7.16. The van der Waals surface area contributed by atoms with Gasteiger partial charge in [0.15, 0.2) is 5.78 Å². The van der Waals surface area contributed by atoms with Crippen molar-refractivity contribution in [2.45, 2.75) is 26.2 Å². The van der Waals surface area contributed by atoms with E-state index in [1.54, 1.807) is 43.8 Å². The number of methoxy groups -OCH3 is 2. The molecule has 1 aliphatic carbocycles. The first-order valence-corrected chi connectivity index (χ1v) is 8.53. The van der Waals surface area contributed by atoms with Crippen molar-refractivity contribution in [3.8, 4) is 11.5 Å². The number of anilines is 1. The largest absolute Gasteiger partial charge is 0.497 e. The molecule has 0 fully saturated rings. The van der Waals surface area contributed by atoms with Crippen molar-refractivity contribution in [3.05, 3.63) is 39.8 Å². The molecule has 1 aromatic carbocycles. The molecule has 0 bridgehead atoms. The van der Waals surface area contributed by atoms with Gasteiger partial charge in [-0.15, -0.1) is 11.3 Å². The maximum absolute atomic E-state index is 13.0. The van der Waals surface area contributed by atoms with Crippen LogP contribution >= 0.6 is 11.3 Å². The highest BCUT2D eigenvalue weighted by Gasteiger charge is 2.27. The first kappa shape index (κ1) is 15.9. The number of nitrogens with two attached hydrogens (primary N) is 1. The highest BCUT2D eigenvalue weighted by Crippen LogP contribution is 2.39. The number of carbonyl (C=O) groups is 1. The topological polar surface area (TPSA) is 61.5 Å². The Balaban J connectivity index is 2.05. The molecule has 0 amide bonds. The maximum Gasteiger partial charge on any atom is 0.196 e. The van der Waals surface area contributed by atoms with Crippen LogP contribution in [0, 0.1) is 5.92 Å². The lowest BCUT2D eigenvalue weighted by molar-refractivity contribution is 0.103. The third-order valence-electron chi connectivity index (χ3n) is 4.38. The molecule has 0 saturated heterocycles. The fourth-order valence-corrected chi connectivity index (χ4v) is 4.38. The van der Waals surface area contributed by atoms with E-state index in [2.05, 4.69) is 6.92 Å². The molecule has 2 aromatic rings. The molecule has 2 N–H and O–H groups in total. The normalized spacial score (nSPS) is 16.7. The molecule has 0 unspecified atom stereocenters. The van der Waals surface area contributed by atoms with E-state index >= 15 is 0 Å². The van der Waals surface area contributed by atoms with Crippen molar-refractivity contribution in [2.24, 2.45) is 5.92 Å². The van der Waals surface area contributed by atoms with Crippen LogP contribution in [0.5, 0.6) is 11.5 Å². The highest BCUT2D eigenvalue weighted by atomic mass is 32.1. The third kappa shape index (κ3) is 2.93. The molecule has 0 aliphatic heterocycles. The predicted molar refractivity (Wildman–Crippen MR) is 92.9 cm³/mol. The van der Waals surface area contributed by atoms with E-state index in [1.807, 2.05) is 0 Å². The summed E-state index contributed by atoms with van der Waals surface area (Å²) in [6.07, 6.45) is 3.04. The summed E-state index contributed by atoms with van der Waals surface area (Å²) in [6.45, 7) is 2.24. The van der Waals surface area contributed by atoms with Crippen LogP contribution in [-0.4, -0.2) is 20.0 Å². The van der Waals surface area contributed by atoms with Gasteiger partial charge in [0.25, 0.3) is 0 Å². The number of ketones is 1. The van der Waals surface area contributed by atoms with Crippen molar-refractivity contribution in [1.29, 1.82) is 0 Å². The number of ether oxygens (including phenoxy) is 2. The average molecular weight is 331 g/mol. The summed E-state index contributed by atoms with van der Waals surface area (Å²) in [6, 6.07) is 5.23. The van der Waals surface area contributed by atoms with Crippen LogP contribution in [0.4, 0.5) is 5.00 Å². The fraction of sp³-hybridized carbons (Fsp3) is 0.389. The Hall–Kier alpha value is -2.01. The number of benzene rings is 1. The minimum Gasteiger partial charge on any atom is -0.497 e. The van der Waals surface area contributed by atoms with Gasteiger partial charge in [-0.1, -0.05) is 6.92 Å². The van der Waals surface area contributed by atoms with Gasteiger partial charge in [-0.2, -0.15) is 0 Å². The zero-order chi connectivity index (χ0) is 16.6. The molecule has 0 spiro atoms. The van der Waals surface area contributed by atoms with Crippen molar-refractivity contribution in [3.63, 3.8) is 0 Å². The molecule has 0 saturated carbocycles. The summed E-state index contributed by atoms with van der Waals surface area (Å²) in [5.41, 5.74) is 8.54. The second-order valence-electron chi connectivity index (χ2n) is 6.02. The van der Waals surface area contributed by atoms with Gasteiger partial charge in [0, 0.05) is 16.5 Å². The minimum absolute atomic E-state index is 0.0493. The number of rotatable bonds is 4. The first-order valence-electron chi connectivity index (χ1n) is 7.71. The molecule has 4 nitrogen and oxygen atoms in total. The zero-order valence-electron chi connectivity index (χ0n) is 13.6. The minimum atomic E-state index is -0.0493. The van der Waals surface area contributed by atoms with E-state index < -0.39 is 0 Å². The Morgan fingerprint density at radius 3 is 2.48 bits per heavy atom. The molecular weight excluding hydrogens is 310 g/mol. The Morgan fingerprint density at radius 1 is 1.22 bits per heavy atom. The van der Waals surface area contributed by atoms with Gasteiger partial charge in [-0.25, -0.2) is 0 Å². The predicted octanol–water partition coefficient (Wildman–Crippen LogP) is 3.70. The number of thiophene rings is 1. The van der Waals surface area contributed by atoms with Gasteiger partial charge in [0.1, 0.15) is 11.5 Å². The van der Waals surface area contributed by atoms with Gasteiger partial charge < -0.3 is 15.2 Å². The van der Waals surface area contributed by atoms with Gasteiger partial charge in [0.2, 0.25) is 0 Å². The lowest BCUT2D eigenvalue weighted by atomic mass is 9.86. The van der Waals surface area contributed by atoms with Gasteiger partial charge in [0.05, 0.1) is 24.8 Å². The van der Waals surface area contributed by atoms with Crippen LogP contribution in [0.15, 0.2) is 18.2 Å². The van der Waals surface area contributed by atoms with E-state index in [9.17, 15) is 4.79 Å². The number of fused-ring (bicyclic) bond motifs is 1. The summed E-state index contributed by atoms with van der Waals surface area (Å²) in [5, 5.41) is 0.621. The number of nitrogen functional groups attached to an aromatic ring is 1. The van der Waals surface area contributed by atoms with E-state index in [-0.39, 0.29) is 5.78 Å². The van der Waals surface area contributed by atoms with E-state index in [4.69, 9.17) is 15.2 Å². The summed E-state index contributed by atoms with van der Waals surface area (Å²) in [7, 11) is 3.15. The van der Waals surface area contributed by atoms with Crippen molar-refractivity contribution in [1.82, 2.24) is 0 Å². The van der Waals surface area contributed by atoms with E-state index in [0.717, 1.165) is 24.8 Å². The van der Waals surface area contributed by atoms with E-state index in [0.29, 0.717) is 33.5 Å². The number of hydrogen-bond acceptors (Lipinski definition) is 5. The van der Waals surface area contributed by atoms with Crippen LogP contribution in [0.2, 0.25) is 0 Å². The van der Waals surface area contributed by atoms with Crippen molar-refractivity contribution < 1.29 is 14.3 Å². The van der Waals surface area contributed by atoms with Gasteiger partial charge in [-0.3, -0.25) is 4.79 Å². The third-order valence-corrected chi connectivity index (χ3v) is 5.46. The van der Waals surface area contributed by atoms with Crippen LogP contribution < -0.4 is 15.2 Å². The summed E-state index contributed by atoms with van der Waals surface area (Å²) in [4.78, 5) is 14.3. The monoisotopic (exact) mass is 331 g/mol. The van der Waals surface area contributed by atoms with Gasteiger partial charge >= 0.3 is 0 Å². The summed E-state index contributed by atoms with van der Waals surface area (Å²) >= 11 is 1.56. The summed E-state index contributed by atoms with van der Waals surface area (Å²) in [5.74, 6) is 1.81. The Morgan fingerprint density at radius 2 is 1.87 bits per heavy atom. The SMILES string of the molecule is COc1cc(OC)cc(C(=O)c2c(N)sc3c2CC[C@H](C)C3)c1. The summed E-state index contributed by atoms with van der Waals surface area (Å²) < 4.78 is 10.5. The van der Waals surface area contributed by atoms with Crippen molar-refractivity contribution in [2.75, 3.05) is 20.0 Å². The molecule has 0 radical (unpaired) electrons. The lowest BCUT2D eigenvalue weighted by Crippen LogP contribution is -2.13. The first-order chi connectivity index (χ1) is 11.0. The Bertz CT molecular complexity index is 729. The Labute approximate surface area is 140 Å². The standard InChI is InChI=1S/C18H21NO3S/c1-10-4-5-14-15(6-10)23-18(19)16(14)17(20)11-7-12(21-2)9-13(8-11)22-3/h7-10H,4-6,19H2,1-3H3/t10-/m0/s1. The molecule has 3 rings (SSSR count). The molecule has 5 heteroatoms.